The zero-order valence-electron chi connectivity index (χ0n) is 25.4. The summed E-state index contributed by atoms with van der Waals surface area (Å²) in [6.45, 7) is 7.90. The highest BCUT2D eigenvalue weighted by atomic mass is 79.9. The zero-order valence-corrected chi connectivity index (χ0v) is 27.8. The van der Waals surface area contributed by atoms with Gasteiger partial charge in [-0.15, -0.1) is 0 Å². The average Bonchev–Trinajstić information content (AvgIpc) is 3.45. The third-order valence-electron chi connectivity index (χ3n) is 7.88. The number of aromatic nitrogens is 2. The van der Waals surface area contributed by atoms with E-state index in [0.717, 1.165) is 32.2 Å². The Hall–Kier alpha value is -4.28. The number of methoxy groups -OCH3 is 1. The highest BCUT2D eigenvalue weighted by molar-refractivity contribution is 9.10. The summed E-state index contributed by atoms with van der Waals surface area (Å²) < 4.78 is 29.9. The second-order valence-electron chi connectivity index (χ2n) is 11.2. The number of hydrogen-bond acceptors (Lipinski definition) is 6. The molecular weight excluding hydrogens is 657 g/mol. The maximum absolute atomic E-state index is 14.4. The van der Waals surface area contributed by atoms with Gasteiger partial charge < -0.3 is 14.0 Å². The SMILES string of the molecule is COc1ccc(Br)cc1[C@@H]1C(C(=O)OC(C)C)=C(C)N=c2s/c(=C\c3c(C)n(Cc4ccc(F)cc4)c4ccccc34)c(=O)n21. The lowest BCUT2D eigenvalue weighted by Crippen LogP contribution is -2.40. The van der Waals surface area contributed by atoms with Crippen LogP contribution in [0, 0.1) is 12.7 Å². The molecule has 45 heavy (non-hydrogen) atoms. The Bertz CT molecular complexity index is 2180. The Kier molecular flexibility index (Phi) is 8.37. The smallest absolute Gasteiger partial charge is 0.338 e. The molecule has 1 aliphatic rings. The van der Waals surface area contributed by atoms with Crippen LogP contribution in [0.25, 0.3) is 17.0 Å². The number of ether oxygens (including phenoxy) is 2. The van der Waals surface area contributed by atoms with Crippen LogP contribution in [0.1, 0.15) is 49.2 Å². The number of rotatable bonds is 7. The third kappa shape index (κ3) is 5.68. The first-order valence-electron chi connectivity index (χ1n) is 14.5. The molecular formula is C35H31BrFN3O4S. The van der Waals surface area contributed by atoms with Crippen molar-refractivity contribution in [3.8, 4) is 5.75 Å². The molecule has 0 amide bonds. The molecule has 0 spiro atoms. The number of hydrogen-bond donors (Lipinski definition) is 0. The van der Waals surface area contributed by atoms with Gasteiger partial charge in [0.05, 0.1) is 29.0 Å². The van der Waals surface area contributed by atoms with Crippen LogP contribution in [0.15, 0.2) is 92.3 Å². The van der Waals surface area contributed by atoms with Crippen molar-refractivity contribution in [3.63, 3.8) is 0 Å². The topological polar surface area (TPSA) is 74.8 Å². The maximum atomic E-state index is 14.4. The largest absolute Gasteiger partial charge is 0.496 e. The summed E-state index contributed by atoms with van der Waals surface area (Å²) in [5.74, 6) is -0.284. The van der Waals surface area contributed by atoms with Crippen molar-refractivity contribution < 1.29 is 18.7 Å². The highest BCUT2D eigenvalue weighted by Gasteiger charge is 2.35. The lowest BCUT2D eigenvalue weighted by Gasteiger charge is -2.26. The van der Waals surface area contributed by atoms with Crippen molar-refractivity contribution in [2.24, 2.45) is 4.99 Å². The van der Waals surface area contributed by atoms with Crippen LogP contribution in [-0.4, -0.2) is 28.3 Å². The van der Waals surface area contributed by atoms with E-state index in [-0.39, 0.29) is 23.1 Å². The molecule has 3 aromatic carbocycles. The van der Waals surface area contributed by atoms with E-state index < -0.39 is 12.0 Å². The van der Waals surface area contributed by atoms with Gasteiger partial charge in [-0.05, 0) is 75.7 Å². The quantitative estimate of drug-likeness (QED) is 0.186. The number of benzene rings is 3. The van der Waals surface area contributed by atoms with Crippen LogP contribution in [0.4, 0.5) is 4.39 Å². The van der Waals surface area contributed by atoms with Crippen molar-refractivity contribution in [2.45, 2.75) is 46.4 Å². The molecule has 0 fully saturated rings. The van der Waals surface area contributed by atoms with Crippen LogP contribution < -0.4 is 19.6 Å². The molecule has 0 saturated heterocycles. The molecule has 0 unspecified atom stereocenters. The maximum Gasteiger partial charge on any atom is 0.338 e. The summed E-state index contributed by atoms with van der Waals surface area (Å²) in [5.41, 5.74) is 4.96. The van der Waals surface area contributed by atoms with Crippen molar-refractivity contribution in [1.82, 2.24) is 9.13 Å². The fourth-order valence-electron chi connectivity index (χ4n) is 5.82. The number of para-hydroxylation sites is 1. The molecule has 6 rings (SSSR count). The number of carbonyl (C=O) groups is 1. The first kappa shape index (κ1) is 30.7. The molecule has 0 radical (unpaired) electrons. The number of fused-ring (bicyclic) bond motifs is 2. The molecule has 0 N–H and O–H groups in total. The van der Waals surface area contributed by atoms with Gasteiger partial charge in [-0.1, -0.05) is 57.6 Å². The molecule has 3 heterocycles. The number of nitrogens with zero attached hydrogens (tertiary/aromatic N) is 3. The molecule has 2 aromatic heterocycles. The highest BCUT2D eigenvalue weighted by Crippen LogP contribution is 2.37. The zero-order chi connectivity index (χ0) is 32.0. The molecule has 1 aliphatic heterocycles. The number of carbonyl (C=O) groups excluding carboxylic acids is 1. The molecule has 230 valence electrons. The molecule has 0 saturated carbocycles. The number of allylic oxidation sites excluding steroid dienone is 1. The van der Waals surface area contributed by atoms with Gasteiger partial charge in [0, 0.05) is 38.7 Å². The summed E-state index contributed by atoms with van der Waals surface area (Å²) in [7, 11) is 1.56. The van der Waals surface area contributed by atoms with Gasteiger partial charge in [-0.25, -0.2) is 14.2 Å². The fourth-order valence-corrected chi connectivity index (χ4v) is 7.23. The fraction of sp³-hybridized carbons (Fsp3) is 0.229. The van der Waals surface area contributed by atoms with Gasteiger partial charge in [0.15, 0.2) is 4.80 Å². The third-order valence-corrected chi connectivity index (χ3v) is 9.36. The summed E-state index contributed by atoms with van der Waals surface area (Å²) in [6.07, 6.45) is 1.55. The van der Waals surface area contributed by atoms with Gasteiger partial charge in [0.2, 0.25) is 0 Å². The van der Waals surface area contributed by atoms with Gasteiger partial charge in [-0.3, -0.25) is 9.36 Å². The molecule has 10 heteroatoms. The monoisotopic (exact) mass is 687 g/mol. The summed E-state index contributed by atoms with van der Waals surface area (Å²) in [5, 5.41) is 0.991. The molecule has 0 aliphatic carbocycles. The van der Waals surface area contributed by atoms with E-state index in [2.05, 4.69) is 20.5 Å². The van der Waals surface area contributed by atoms with Crippen molar-refractivity contribution >= 4 is 50.2 Å². The van der Waals surface area contributed by atoms with E-state index in [0.29, 0.717) is 32.9 Å². The van der Waals surface area contributed by atoms with Crippen LogP contribution >= 0.6 is 27.3 Å². The van der Waals surface area contributed by atoms with Gasteiger partial charge in [0.1, 0.15) is 17.6 Å². The predicted octanol–water partition coefficient (Wildman–Crippen LogP) is 6.41. The second kappa shape index (κ2) is 12.3. The van der Waals surface area contributed by atoms with Crippen LogP contribution in [0.3, 0.4) is 0 Å². The molecule has 1 atom stereocenters. The molecule has 0 bridgehead atoms. The normalized spacial score (nSPS) is 15.0. The Morgan fingerprint density at radius 3 is 2.56 bits per heavy atom. The molecule has 5 aromatic rings. The van der Waals surface area contributed by atoms with E-state index in [9.17, 15) is 14.0 Å². The van der Waals surface area contributed by atoms with E-state index in [1.807, 2.05) is 49.4 Å². The Morgan fingerprint density at radius 1 is 1.11 bits per heavy atom. The lowest BCUT2D eigenvalue weighted by molar-refractivity contribution is -0.143. The van der Waals surface area contributed by atoms with Crippen LogP contribution in [0.5, 0.6) is 5.75 Å². The van der Waals surface area contributed by atoms with Gasteiger partial charge in [-0.2, -0.15) is 0 Å². The molecule has 7 nitrogen and oxygen atoms in total. The summed E-state index contributed by atoms with van der Waals surface area (Å²) >= 11 is 4.82. The van der Waals surface area contributed by atoms with Crippen molar-refractivity contribution in [3.05, 3.63) is 130 Å². The minimum Gasteiger partial charge on any atom is -0.496 e. The summed E-state index contributed by atoms with van der Waals surface area (Å²) in [6, 6.07) is 19.2. The average molecular weight is 689 g/mol. The second-order valence-corrected chi connectivity index (χ2v) is 13.1. The number of thiazole rings is 1. The van der Waals surface area contributed by atoms with Gasteiger partial charge >= 0.3 is 5.97 Å². The first-order valence-corrected chi connectivity index (χ1v) is 16.1. The van der Waals surface area contributed by atoms with E-state index >= 15 is 0 Å². The Balaban J connectivity index is 1.57. The standard InChI is InChI=1S/C35H31BrFN3O4S/c1-19(2)44-34(42)31-20(3)38-35-40(32(31)27-16-23(36)12-15-29(27)43-5)33(41)30(45-35)17-26-21(4)39(28-9-7-6-8-25(26)28)18-22-10-13-24(37)14-11-22/h6-17,19,32H,18H2,1-5H3/b30-17-/t32-/m1/s1. The van der Waals surface area contributed by atoms with Gasteiger partial charge in [0.25, 0.3) is 5.56 Å². The van der Waals surface area contributed by atoms with Crippen molar-refractivity contribution in [2.75, 3.05) is 7.11 Å². The minimum absolute atomic E-state index is 0.275. The lowest BCUT2D eigenvalue weighted by atomic mass is 9.95. The van der Waals surface area contributed by atoms with Crippen molar-refractivity contribution in [1.29, 1.82) is 0 Å². The van der Waals surface area contributed by atoms with E-state index in [4.69, 9.17) is 14.5 Å². The minimum atomic E-state index is -0.817. The van der Waals surface area contributed by atoms with E-state index in [1.165, 1.54) is 23.5 Å². The Labute approximate surface area is 271 Å². The number of esters is 1. The number of halogens is 2. The van der Waals surface area contributed by atoms with Crippen LogP contribution in [0.2, 0.25) is 0 Å². The predicted molar refractivity (Wildman–Crippen MR) is 178 cm³/mol. The first-order chi connectivity index (χ1) is 21.6. The van der Waals surface area contributed by atoms with Crippen LogP contribution in [-0.2, 0) is 16.1 Å². The Morgan fingerprint density at radius 2 is 1.84 bits per heavy atom. The van der Waals surface area contributed by atoms with E-state index in [1.54, 1.807) is 50.6 Å². The summed E-state index contributed by atoms with van der Waals surface area (Å²) in [4.78, 5) is 33.1.